The molecule has 0 saturated heterocycles. The van der Waals surface area contributed by atoms with Gasteiger partial charge in [0.2, 0.25) is 0 Å². The second kappa shape index (κ2) is 7.37. The van der Waals surface area contributed by atoms with Gasteiger partial charge in [-0.3, -0.25) is 19.5 Å². The predicted molar refractivity (Wildman–Crippen MR) is 124 cm³/mol. The maximum absolute atomic E-state index is 13.4. The molecule has 0 bridgehead atoms. The highest BCUT2D eigenvalue weighted by atomic mass is 16.2. The van der Waals surface area contributed by atoms with E-state index >= 15 is 0 Å². The summed E-state index contributed by atoms with van der Waals surface area (Å²) in [5.74, 6) is -1.30. The number of carbonyl (C=O) groups is 3. The van der Waals surface area contributed by atoms with Gasteiger partial charge in [0.05, 0.1) is 22.7 Å². The highest BCUT2D eigenvalue weighted by Crippen LogP contribution is 2.54. The second-order valence-corrected chi connectivity index (χ2v) is 9.75. The van der Waals surface area contributed by atoms with Crippen LogP contribution in [-0.2, 0) is 16.8 Å². The molecule has 2 fully saturated rings. The summed E-state index contributed by atoms with van der Waals surface area (Å²) in [5, 5.41) is 25.4. The normalized spacial score (nSPS) is 20.4. The zero-order valence-corrected chi connectivity index (χ0v) is 19.3. The highest BCUT2D eigenvalue weighted by Gasteiger charge is 2.52. The molecule has 3 aliphatic rings. The fourth-order valence-corrected chi connectivity index (χ4v) is 5.34. The first-order valence-electron chi connectivity index (χ1n) is 11.6. The number of aryl methyl sites for hydroxylation is 1. The third-order valence-electron chi connectivity index (χ3n) is 7.50. The van der Waals surface area contributed by atoms with Crippen LogP contribution >= 0.6 is 0 Å². The molecular formula is C25H23N7O3. The first-order valence-corrected chi connectivity index (χ1v) is 11.6. The fourth-order valence-electron chi connectivity index (χ4n) is 5.34. The Balaban J connectivity index is 1.31. The van der Waals surface area contributed by atoms with Gasteiger partial charge in [0, 0.05) is 23.6 Å². The van der Waals surface area contributed by atoms with Crippen LogP contribution in [0.3, 0.4) is 0 Å². The number of fused-ring (bicyclic) bond motifs is 3. The van der Waals surface area contributed by atoms with E-state index in [0.717, 1.165) is 17.7 Å². The van der Waals surface area contributed by atoms with E-state index in [9.17, 15) is 19.6 Å². The average molecular weight is 470 g/mol. The van der Waals surface area contributed by atoms with Crippen molar-refractivity contribution in [3.05, 3.63) is 63.7 Å². The fraction of sp³-hybridized carbons (Fsp3) is 0.360. The van der Waals surface area contributed by atoms with E-state index in [4.69, 9.17) is 0 Å². The Morgan fingerprint density at radius 3 is 2.74 bits per heavy atom. The summed E-state index contributed by atoms with van der Waals surface area (Å²) >= 11 is 0. The number of rotatable bonds is 6. The number of hydrogen-bond acceptors (Lipinski definition) is 6. The lowest BCUT2D eigenvalue weighted by molar-refractivity contribution is -0.118. The van der Waals surface area contributed by atoms with Gasteiger partial charge in [0.1, 0.15) is 11.4 Å². The van der Waals surface area contributed by atoms with Gasteiger partial charge in [0.25, 0.3) is 17.6 Å². The molecule has 1 aromatic carbocycles. The summed E-state index contributed by atoms with van der Waals surface area (Å²) in [4.78, 5) is 39.9. The van der Waals surface area contributed by atoms with Gasteiger partial charge in [-0.1, -0.05) is 11.3 Å². The van der Waals surface area contributed by atoms with Crippen molar-refractivity contribution in [1.82, 2.24) is 25.3 Å². The van der Waals surface area contributed by atoms with Crippen molar-refractivity contribution in [1.29, 1.82) is 5.26 Å². The Morgan fingerprint density at radius 1 is 1.26 bits per heavy atom. The summed E-state index contributed by atoms with van der Waals surface area (Å²) in [6.45, 7) is 3.55. The number of ketones is 1. The Kier molecular flexibility index (Phi) is 4.48. The lowest BCUT2D eigenvalue weighted by atomic mass is 10.0. The minimum atomic E-state index is -0.702. The third-order valence-corrected chi connectivity index (χ3v) is 7.50. The topological polar surface area (TPSA) is 146 Å². The average Bonchev–Trinajstić information content (AvgIpc) is 3.62. The Bertz CT molecular complexity index is 1460. The molecule has 2 aromatic heterocycles. The SMILES string of the molecule is Cc1ccc(NC(=O)c2c(C)c(C(=O)C(=O)NC3(c4c[nH]nn4)CC3)c3n2[C@@H]2C[C@@H]2C3)cc1C#N. The summed E-state index contributed by atoms with van der Waals surface area (Å²) < 4.78 is 1.94. The molecule has 2 aliphatic carbocycles. The molecule has 0 radical (unpaired) electrons. The first kappa shape index (κ1) is 21.3. The Labute approximate surface area is 200 Å². The van der Waals surface area contributed by atoms with Crippen molar-refractivity contribution in [3.63, 3.8) is 0 Å². The number of aromatic amines is 1. The summed E-state index contributed by atoms with van der Waals surface area (Å²) in [6, 6.07) is 7.46. The van der Waals surface area contributed by atoms with Crippen LogP contribution in [0.15, 0.2) is 24.4 Å². The number of hydrogen-bond donors (Lipinski definition) is 3. The predicted octanol–water partition coefficient (Wildman–Crippen LogP) is 2.45. The smallest absolute Gasteiger partial charge is 0.293 e. The van der Waals surface area contributed by atoms with E-state index in [1.54, 1.807) is 31.3 Å². The second-order valence-electron chi connectivity index (χ2n) is 9.75. The number of amides is 2. The zero-order chi connectivity index (χ0) is 24.5. The van der Waals surface area contributed by atoms with Crippen molar-refractivity contribution >= 4 is 23.3 Å². The van der Waals surface area contributed by atoms with E-state index in [1.807, 2.05) is 11.5 Å². The van der Waals surface area contributed by atoms with E-state index in [0.29, 0.717) is 58.9 Å². The van der Waals surface area contributed by atoms with Crippen LogP contribution in [-0.4, -0.2) is 37.6 Å². The van der Waals surface area contributed by atoms with Crippen LogP contribution in [0.4, 0.5) is 5.69 Å². The molecule has 3 N–H and O–H groups in total. The minimum absolute atomic E-state index is 0.173. The summed E-state index contributed by atoms with van der Waals surface area (Å²) in [5.41, 5.74) is 3.72. The van der Waals surface area contributed by atoms with Crippen molar-refractivity contribution in [2.45, 2.75) is 51.1 Å². The standard InChI is InChI=1S/C25H23N7O3/c1-12-3-4-16(7-15(12)10-26)28-23(34)21-13(2)20(18-9-14-8-17(14)32(18)21)22(33)24(35)29-25(5-6-25)19-11-27-31-30-19/h3-4,7,11,14,17H,5-6,8-9H2,1-2H3,(H,28,34)(H,29,35)(H,27,30,31)/t14-,17-/m1/s1. The number of H-pyrrole nitrogens is 1. The lowest BCUT2D eigenvalue weighted by Crippen LogP contribution is -2.40. The largest absolute Gasteiger partial charge is 0.338 e. The van der Waals surface area contributed by atoms with Crippen LogP contribution in [0.2, 0.25) is 0 Å². The van der Waals surface area contributed by atoms with Crippen molar-refractivity contribution < 1.29 is 14.4 Å². The number of benzene rings is 1. The van der Waals surface area contributed by atoms with E-state index < -0.39 is 17.2 Å². The number of Topliss-reactive ketones (excluding diaryl/α,β-unsaturated/α-hetero) is 1. The highest BCUT2D eigenvalue weighted by molar-refractivity contribution is 6.44. The molecule has 0 unspecified atom stereocenters. The van der Waals surface area contributed by atoms with Gasteiger partial charge in [0.15, 0.2) is 0 Å². The summed E-state index contributed by atoms with van der Waals surface area (Å²) in [7, 11) is 0. The zero-order valence-electron chi connectivity index (χ0n) is 19.3. The van der Waals surface area contributed by atoms with Crippen LogP contribution in [0.5, 0.6) is 0 Å². The molecule has 6 rings (SSSR count). The van der Waals surface area contributed by atoms with Crippen LogP contribution in [0, 0.1) is 31.1 Å². The number of anilines is 1. The van der Waals surface area contributed by atoms with E-state index in [2.05, 4.69) is 32.1 Å². The summed E-state index contributed by atoms with van der Waals surface area (Å²) in [6.07, 6.45) is 4.62. The molecule has 3 aromatic rings. The maximum atomic E-state index is 13.4. The van der Waals surface area contributed by atoms with Crippen LogP contribution < -0.4 is 10.6 Å². The first-order chi connectivity index (χ1) is 16.8. The van der Waals surface area contributed by atoms with Crippen molar-refractivity contribution in [2.75, 3.05) is 5.32 Å². The quantitative estimate of drug-likeness (QED) is 0.373. The number of nitrogens with zero attached hydrogens (tertiary/aromatic N) is 4. The van der Waals surface area contributed by atoms with Crippen LogP contribution in [0.1, 0.15) is 74.2 Å². The minimum Gasteiger partial charge on any atom is -0.338 e. The van der Waals surface area contributed by atoms with Crippen LogP contribution in [0.25, 0.3) is 0 Å². The van der Waals surface area contributed by atoms with Gasteiger partial charge < -0.3 is 15.2 Å². The van der Waals surface area contributed by atoms with Gasteiger partial charge in [-0.25, -0.2) is 0 Å². The van der Waals surface area contributed by atoms with Crippen molar-refractivity contribution in [3.8, 4) is 6.07 Å². The van der Waals surface area contributed by atoms with Gasteiger partial charge >= 0.3 is 0 Å². The lowest BCUT2D eigenvalue weighted by Gasteiger charge is -2.14. The molecular weight excluding hydrogens is 446 g/mol. The maximum Gasteiger partial charge on any atom is 0.293 e. The molecule has 10 heteroatoms. The molecule has 0 spiro atoms. The monoisotopic (exact) mass is 469 g/mol. The molecule has 2 saturated carbocycles. The van der Waals surface area contributed by atoms with Gasteiger partial charge in [-0.2, -0.15) is 5.26 Å². The number of aromatic nitrogens is 4. The number of nitrogens with one attached hydrogen (secondary N) is 3. The third kappa shape index (κ3) is 3.26. The molecule has 2 atom stereocenters. The number of carbonyl (C=O) groups excluding carboxylic acids is 3. The van der Waals surface area contributed by atoms with E-state index in [1.165, 1.54) is 0 Å². The number of nitriles is 1. The molecule has 3 heterocycles. The molecule has 10 nitrogen and oxygen atoms in total. The Morgan fingerprint density at radius 2 is 2.06 bits per heavy atom. The molecule has 35 heavy (non-hydrogen) atoms. The molecule has 1 aliphatic heterocycles. The molecule has 2 amide bonds. The van der Waals surface area contributed by atoms with E-state index in [-0.39, 0.29) is 11.9 Å². The van der Waals surface area contributed by atoms with Crippen molar-refractivity contribution in [2.24, 2.45) is 5.92 Å². The van der Waals surface area contributed by atoms with Gasteiger partial charge in [-0.05, 0) is 68.7 Å². The Hall–Kier alpha value is -4.26. The van der Waals surface area contributed by atoms with Gasteiger partial charge in [-0.15, -0.1) is 5.10 Å². The molecule has 176 valence electrons.